The number of aryl methyl sites for hydroxylation is 2. The van der Waals surface area contributed by atoms with Gasteiger partial charge in [0.2, 0.25) is 0 Å². The molecule has 0 radical (unpaired) electrons. The Bertz CT molecular complexity index is 930. The summed E-state index contributed by atoms with van der Waals surface area (Å²) in [5.41, 5.74) is 6.01. The van der Waals surface area contributed by atoms with Crippen molar-refractivity contribution >= 4 is 23.3 Å². The monoisotopic (exact) mass is 616 g/mol. The Morgan fingerprint density at radius 2 is 0.857 bits per heavy atom. The molecule has 0 aromatic heterocycles. The number of benzene rings is 2. The van der Waals surface area contributed by atoms with Crippen LogP contribution in [0.25, 0.3) is 0 Å². The molecule has 0 N–H and O–H groups in total. The van der Waals surface area contributed by atoms with Gasteiger partial charge < -0.3 is 0 Å². The predicted octanol–water partition coefficient (Wildman–Crippen LogP) is 13.1. The molecule has 0 aliphatic carbocycles. The van der Waals surface area contributed by atoms with Crippen LogP contribution in [0.3, 0.4) is 0 Å². The Labute approximate surface area is 270 Å². The molecule has 0 saturated carbocycles. The van der Waals surface area contributed by atoms with Crippen LogP contribution in [0.5, 0.6) is 0 Å². The maximum Gasteiger partial charge on any atom is 0.0633 e. The Balaban J connectivity index is 0.00000882. The van der Waals surface area contributed by atoms with Gasteiger partial charge in [-0.15, -0.1) is 0 Å². The molecule has 0 aliphatic heterocycles. The Kier molecular flexibility index (Phi) is 24.5. The zero-order chi connectivity index (χ0) is 29.2. The second-order valence-corrected chi connectivity index (χ2v) is 12.1. The zero-order valence-electron chi connectivity index (χ0n) is 27.5. The van der Waals surface area contributed by atoms with Crippen molar-refractivity contribution in [2.24, 2.45) is 9.98 Å². The van der Waals surface area contributed by atoms with Gasteiger partial charge in [-0.05, 0) is 73.9 Å². The van der Waals surface area contributed by atoms with Crippen molar-refractivity contribution in [2.45, 2.75) is 162 Å². The molecule has 2 rings (SSSR count). The van der Waals surface area contributed by atoms with E-state index in [0.29, 0.717) is 0 Å². The molecule has 0 heterocycles. The first-order chi connectivity index (χ1) is 20.2. The predicted molar refractivity (Wildman–Crippen MR) is 185 cm³/mol. The number of nitrogens with zero attached hydrogens (tertiary/aromatic N) is 2. The van der Waals surface area contributed by atoms with Crippen molar-refractivity contribution in [2.75, 3.05) is 0 Å². The summed E-state index contributed by atoms with van der Waals surface area (Å²) in [4.78, 5) is 9.81. The fraction of sp³-hybridized carbons (Fsp3) is 0.641. The fourth-order valence-corrected chi connectivity index (χ4v) is 5.43. The summed E-state index contributed by atoms with van der Waals surface area (Å²) in [6.45, 7) is 6.83. The first kappa shape index (κ1) is 38.3. The van der Waals surface area contributed by atoms with E-state index in [-0.39, 0.29) is 16.5 Å². The summed E-state index contributed by atoms with van der Waals surface area (Å²) in [7, 11) is 0. The molecule has 0 bridgehead atoms. The van der Waals surface area contributed by atoms with E-state index in [2.05, 4.69) is 69.3 Å². The number of rotatable bonds is 25. The molecule has 3 heteroatoms. The van der Waals surface area contributed by atoms with Gasteiger partial charge in [0.25, 0.3) is 0 Å². The molecule has 238 valence electrons. The van der Waals surface area contributed by atoms with Gasteiger partial charge in [0, 0.05) is 22.7 Å². The summed E-state index contributed by atoms with van der Waals surface area (Å²) >= 11 is 0. The minimum atomic E-state index is 0. The van der Waals surface area contributed by atoms with E-state index in [0.717, 1.165) is 29.9 Å². The van der Waals surface area contributed by atoms with E-state index in [1.165, 1.54) is 140 Å². The van der Waals surface area contributed by atoms with E-state index in [1.807, 2.05) is 6.21 Å². The van der Waals surface area contributed by atoms with Crippen LogP contribution in [0.2, 0.25) is 0 Å². The first-order valence-electron chi connectivity index (χ1n) is 17.5. The maximum absolute atomic E-state index is 5.00. The molecule has 0 saturated heterocycles. The third kappa shape index (κ3) is 19.5. The molecule has 42 heavy (non-hydrogen) atoms. The Morgan fingerprint density at radius 3 is 1.31 bits per heavy atom. The van der Waals surface area contributed by atoms with E-state index >= 15 is 0 Å². The van der Waals surface area contributed by atoms with Crippen LogP contribution in [-0.4, -0.2) is 11.9 Å². The number of aliphatic imine (C=N–C) groups is 2. The molecular formula is C39H62N2Ni. The van der Waals surface area contributed by atoms with Crippen molar-refractivity contribution in [3.05, 3.63) is 59.7 Å². The largest absolute Gasteiger partial charge is 0.255 e. The molecule has 2 aromatic carbocycles. The van der Waals surface area contributed by atoms with Crippen molar-refractivity contribution in [1.82, 2.24) is 0 Å². The number of hydrogen-bond donors (Lipinski definition) is 0. The standard InChI is InChI=1S/C39H62N2.Ni/c1-4-7-10-12-14-16-18-21-23-35-26-30-37(31-27-35)40-34-39(25-20-9-6-3)41-38-32-28-36(29-33-38)24-22-19-17-15-13-11-8-5-2;/h26-34H,4-25H2,1-3H3;/b40-34+,41-39+;. The summed E-state index contributed by atoms with van der Waals surface area (Å²) in [6.07, 6.45) is 30.9. The van der Waals surface area contributed by atoms with Gasteiger partial charge >= 0.3 is 0 Å². The molecule has 2 aromatic rings. The van der Waals surface area contributed by atoms with Gasteiger partial charge in [-0.3, -0.25) is 9.98 Å². The van der Waals surface area contributed by atoms with Gasteiger partial charge in [-0.25, -0.2) is 0 Å². The van der Waals surface area contributed by atoms with E-state index in [1.54, 1.807) is 0 Å². The van der Waals surface area contributed by atoms with Crippen LogP contribution in [0.15, 0.2) is 58.5 Å². The molecule has 0 amide bonds. The first-order valence-corrected chi connectivity index (χ1v) is 17.5. The molecule has 0 atom stereocenters. The van der Waals surface area contributed by atoms with Gasteiger partial charge in [-0.1, -0.05) is 148 Å². The average Bonchev–Trinajstić information content (AvgIpc) is 3.00. The Morgan fingerprint density at radius 1 is 0.476 bits per heavy atom. The molecular weight excluding hydrogens is 555 g/mol. The SMILES string of the molecule is CCCCCCCCCCc1ccc(/N=C/C(CCCCC)=N/c2ccc(CCCCCCCCCC)cc2)cc1.[Ni]. The third-order valence-electron chi connectivity index (χ3n) is 8.18. The normalized spacial score (nSPS) is 11.7. The van der Waals surface area contributed by atoms with E-state index in [9.17, 15) is 0 Å². The smallest absolute Gasteiger partial charge is 0.0633 e. The van der Waals surface area contributed by atoms with Crippen molar-refractivity contribution in [3.8, 4) is 0 Å². The van der Waals surface area contributed by atoms with Crippen molar-refractivity contribution in [1.29, 1.82) is 0 Å². The summed E-state index contributed by atoms with van der Waals surface area (Å²) < 4.78 is 0. The summed E-state index contributed by atoms with van der Waals surface area (Å²) in [5.74, 6) is 0. The minimum Gasteiger partial charge on any atom is -0.255 e. The van der Waals surface area contributed by atoms with Gasteiger partial charge in [0.15, 0.2) is 0 Å². The molecule has 0 fully saturated rings. The average molecular weight is 618 g/mol. The quantitative estimate of drug-likeness (QED) is 0.0602. The van der Waals surface area contributed by atoms with Crippen LogP contribution < -0.4 is 0 Å². The van der Waals surface area contributed by atoms with Gasteiger partial charge in [-0.2, -0.15) is 0 Å². The Hall–Kier alpha value is -1.73. The topological polar surface area (TPSA) is 24.7 Å². The molecule has 0 unspecified atom stereocenters. The van der Waals surface area contributed by atoms with Crippen LogP contribution in [-0.2, 0) is 29.3 Å². The second kappa shape index (κ2) is 26.9. The number of unbranched alkanes of at least 4 members (excludes halogenated alkanes) is 16. The van der Waals surface area contributed by atoms with Crippen molar-refractivity contribution in [3.63, 3.8) is 0 Å². The van der Waals surface area contributed by atoms with Crippen LogP contribution in [0.1, 0.15) is 160 Å². The van der Waals surface area contributed by atoms with E-state index in [4.69, 9.17) is 9.98 Å². The fourth-order valence-electron chi connectivity index (χ4n) is 5.43. The summed E-state index contributed by atoms with van der Waals surface area (Å²) in [5, 5.41) is 0. The third-order valence-corrected chi connectivity index (χ3v) is 8.18. The molecule has 2 nitrogen and oxygen atoms in total. The minimum absolute atomic E-state index is 0. The number of hydrogen-bond acceptors (Lipinski definition) is 2. The van der Waals surface area contributed by atoms with E-state index < -0.39 is 0 Å². The molecule has 0 spiro atoms. The van der Waals surface area contributed by atoms with Crippen molar-refractivity contribution < 1.29 is 16.5 Å². The maximum atomic E-state index is 5.00. The second-order valence-electron chi connectivity index (χ2n) is 12.1. The van der Waals surface area contributed by atoms with Crippen LogP contribution in [0, 0.1) is 0 Å². The van der Waals surface area contributed by atoms with Crippen LogP contribution in [0.4, 0.5) is 11.4 Å². The van der Waals surface area contributed by atoms with Gasteiger partial charge in [0.1, 0.15) is 0 Å². The van der Waals surface area contributed by atoms with Crippen LogP contribution >= 0.6 is 0 Å². The summed E-state index contributed by atoms with van der Waals surface area (Å²) in [6, 6.07) is 17.8. The van der Waals surface area contributed by atoms with Gasteiger partial charge in [0.05, 0.1) is 17.1 Å². The zero-order valence-corrected chi connectivity index (χ0v) is 28.5. The molecule has 0 aliphatic rings.